The maximum atomic E-state index is 12.1. The Hall–Kier alpha value is -1.55. The number of aliphatic hydroxyl groups excluding tert-OH is 1. The van der Waals surface area contributed by atoms with Crippen LogP contribution in [0.25, 0.3) is 0 Å². The average molecular weight is 291 g/mol. The van der Waals surface area contributed by atoms with Gasteiger partial charge in [-0.05, 0) is 62.3 Å². The number of carbonyl (C=O) groups is 1. The first-order valence-electron chi connectivity index (χ1n) is 7.88. The molecule has 1 aliphatic carbocycles. The summed E-state index contributed by atoms with van der Waals surface area (Å²) in [6.45, 7) is 3.45. The van der Waals surface area contributed by atoms with Crippen molar-refractivity contribution in [1.82, 2.24) is 5.32 Å². The predicted octanol–water partition coefficient (Wildman–Crippen LogP) is 2.76. The van der Waals surface area contributed by atoms with Crippen LogP contribution in [-0.2, 0) is 0 Å². The summed E-state index contributed by atoms with van der Waals surface area (Å²) in [6, 6.07) is 7.26. The lowest BCUT2D eigenvalue weighted by molar-refractivity contribution is 0.0910. The number of rotatable bonds is 6. The van der Waals surface area contributed by atoms with Crippen LogP contribution in [0.2, 0.25) is 0 Å². The third-order valence-corrected chi connectivity index (χ3v) is 3.96. The van der Waals surface area contributed by atoms with Crippen molar-refractivity contribution in [3.63, 3.8) is 0 Å². The second kappa shape index (κ2) is 8.03. The van der Waals surface area contributed by atoms with Crippen LogP contribution >= 0.6 is 0 Å². The standard InChI is InChI=1S/C17H25NO3/c1-2-11-21-16-9-5-14(6-10-16)17(20)18-12-13-3-7-15(19)8-4-13/h5-6,9-10,13,15,19H,2-4,7-8,11-12H2,1H3,(H,18,20). The van der Waals surface area contributed by atoms with Crippen molar-refractivity contribution in [1.29, 1.82) is 0 Å². The topological polar surface area (TPSA) is 58.6 Å². The first kappa shape index (κ1) is 15.8. The fourth-order valence-electron chi connectivity index (χ4n) is 2.61. The molecule has 0 atom stereocenters. The number of benzene rings is 1. The Bertz CT molecular complexity index is 436. The number of hydrogen-bond acceptors (Lipinski definition) is 3. The minimum Gasteiger partial charge on any atom is -0.494 e. The van der Waals surface area contributed by atoms with Crippen LogP contribution < -0.4 is 10.1 Å². The van der Waals surface area contributed by atoms with E-state index in [1.165, 1.54) is 0 Å². The molecule has 0 saturated heterocycles. The normalized spacial score (nSPS) is 21.8. The molecule has 0 radical (unpaired) electrons. The first-order chi connectivity index (χ1) is 10.2. The van der Waals surface area contributed by atoms with Gasteiger partial charge in [0.2, 0.25) is 0 Å². The molecular formula is C17H25NO3. The molecule has 0 bridgehead atoms. The molecule has 1 aliphatic rings. The zero-order chi connectivity index (χ0) is 15.1. The molecule has 1 aromatic carbocycles. The monoisotopic (exact) mass is 291 g/mol. The highest BCUT2D eigenvalue weighted by Gasteiger charge is 2.19. The smallest absolute Gasteiger partial charge is 0.251 e. The fraction of sp³-hybridized carbons (Fsp3) is 0.588. The van der Waals surface area contributed by atoms with Crippen LogP contribution in [0, 0.1) is 5.92 Å². The van der Waals surface area contributed by atoms with Crippen LogP contribution in [0.4, 0.5) is 0 Å². The van der Waals surface area contributed by atoms with Gasteiger partial charge < -0.3 is 15.2 Å². The largest absolute Gasteiger partial charge is 0.494 e. The van der Waals surface area contributed by atoms with Gasteiger partial charge in [-0.15, -0.1) is 0 Å². The molecule has 0 unspecified atom stereocenters. The SMILES string of the molecule is CCCOc1ccc(C(=O)NCC2CCC(O)CC2)cc1. The first-order valence-corrected chi connectivity index (χ1v) is 7.88. The molecule has 1 saturated carbocycles. The van der Waals surface area contributed by atoms with Crippen LogP contribution in [0.15, 0.2) is 24.3 Å². The quantitative estimate of drug-likeness (QED) is 0.847. The van der Waals surface area contributed by atoms with Crippen LogP contribution in [0.3, 0.4) is 0 Å². The van der Waals surface area contributed by atoms with E-state index in [2.05, 4.69) is 12.2 Å². The molecule has 0 heterocycles. The Kier molecular flexibility index (Phi) is 6.05. The average Bonchev–Trinajstić information content (AvgIpc) is 2.52. The summed E-state index contributed by atoms with van der Waals surface area (Å²) in [5.41, 5.74) is 0.662. The van der Waals surface area contributed by atoms with Crippen LogP contribution in [0.5, 0.6) is 5.75 Å². The van der Waals surface area contributed by atoms with E-state index >= 15 is 0 Å². The molecule has 4 nitrogen and oxygen atoms in total. The molecule has 0 spiro atoms. The third kappa shape index (κ3) is 5.05. The van der Waals surface area contributed by atoms with E-state index in [1.807, 2.05) is 12.1 Å². The van der Waals surface area contributed by atoms with E-state index in [0.717, 1.165) is 37.9 Å². The molecular weight excluding hydrogens is 266 g/mol. The fourth-order valence-corrected chi connectivity index (χ4v) is 2.61. The number of ether oxygens (including phenoxy) is 1. The van der Waals surface area contributed by atoms with Gasteiger partial charge in [0.05, 0.1) is 12.7 Å². The van der Waals surface area contributed by atoms with Gasteiger partial charge in [0, 0.05) is 12.1 Å². The lowest BCUT2D eigenvalue weighted by atomic mass is 9.87. The molecule has 1 amide bonds. The van der Waals surface area contributed by atoms with E-state index in [9.17, 15) is 9.90 Å². The molecule has 0 aliphatic heterocycles. The van der Waals surface area contributed by atoms with Gasteiger partial charge in [-0.1, -0.05) is 6.92 Å². The molecule has 116 valence electrons. The number of amides is 1. The lowest BCUT2D eigenvalue weighted by Gasteiger charge is -2.25. The minimum absolute atomic E-state index is 0.0387. The number of aliphatic hydroxyl groups is 1. The molecule has 21 heavy (non-hydrogen) atoms. The van der Waals surface area contributed by atoms with Gasteiger partial charge in [-0.2, -0.15) is 0 Å². The van der Waals surface area contributed by atoms with E-state index in [1.54, 1.807) is 12.1 Å². The summed E-state index contributed by atoms with van der Waals surface area (Å²) < 4.78 is 5.50. The van der Waals surface area contributed by atoms with Gasteiger partial charge in [0.1, 0.15) is 5.75 Å². The van der Waals surface area contributed by atoms with Crippen LogP contribution in [-0.4, -0.2) is 30.3 Å². The molecule has 1 fully saturated rings. The summed E-state index contributed by atoms with van der Waals surface area (Å²) >= 11 is 0. The summed E-state index contributed by atoms with van der Waals surface area (Å²) in [7, 11) is 0. The minimum atomic E-state index is -0.146. The molecule has 2 rings (SSSR count). The van der Waals surface area contributed by atoms with Gasteiger partial charge in [0.25, 0.3) is 5.91 Å². The van der Waals surface area contributed by atoms with Crippen molar-refractivity contribution in [3.05, 3.63) is 29.8 Å². The third-order valence-electron chi connectivity index (χ3n) is 3.96. The van der Waals surface area contributed by atoms with Crippen molar-refractivity contribution >= 4 is 5.91 Å². The Morgan fingerprint density at radius 2 is 1.90 bits per heavy atom. The zero-order valence-electron chi connectivity index (χ0n) is 12.7. The van der Waals surface area contributed by atoms with Gasteiger partial charge in [-0.3, -0.25) is 4.79 Å². The molecule has 0 aromatic heterocycles. The van der Waals surface area contributed by atoms with E-state index in [-0.39, 0.29) is 12.0 Å². The number of hydrogen-bond donors (Lipinski definition) is 2. The van der Waals surface area contributed by atoms with Gasteiger partial charge >= 0.3 is 0 Å². The highest BCUT2D eigenvalue weighted by Crippen LogP contribution is 2.23. The van der Waals surface area contributed by atoms with Crippen molar-refractivity contribution in [3.8, 4) is 5.75 Å². The summed E-state index contributed by atoms with van der Waals surface area (Å²) in [5, 5.41) is 12.5. The highest BCUT2D eigenvalue weighted by atomic mass is 16.5. The summed E-state index contributed by atoms with van der Waals surface area (Å²) in [5.74, 6) is 1.25. The Balaban J connectivity index is 1.77. The van der Waals surface area contributed by atoms with Gasteiger partial charge in [0.15, 0.2) is 0 Å². The highest BCUT2D eigenvalue weighted by molar-refractivity contribution is 5.94. The molecule has 1 aromatic rings. The maximum absolute atomic E-state index is 12.1. The molecule has 4 heteroatoms. The second-order valence-electron chi connectivity index (χ2n) is 5.76. The van der Waals surface area contributed by atoms with Crippen molar-refractivity contribution in [2.75, 3.05) is 13.2 Å². The summed E-state index contributed by atoms with van der Waals surface area (Å²) in [4.78, 5) is 12.1. The molecule has 2 N–H and O–H groups in total. The van der Waals surface area contributed by atoms with Crippen molar-refractivity contribution < 1.29 is 14.6 Å². The van der Waals surface area contributed by atoms with E-state index < -0.39 is 0 Å². The second-order valence-corrected chi connectivity index (χ2v) is 5.76. The lowest BCUT2D eigenvalue weighted by Crippen LogP contribution is -2.32. The van der Waals surface area contributed by atoms with Crippen LogP contribution in [0.1, 0.15) is 49.4 Å². The van der Waals surface area contributed by atoms with Crippen molar-refractivity contribution in [2.24, 2.45) is 5.92 Å². The van der Waals surface area contributed by atoms with E-state index in [0.29, 0.717) is 24.6 Å². The Morgan fingerprint density at radius 3 is 2.52 bits per heavy atom. The van der Waals surface area contributed by atoms with E-state index in [4.69, 9.17) is 4.74 Å². The Morgan fingerprint density at radius 1 is 1.24 bits per heavy atom. The Labute approximate surface area is 126 Å². The number of carbonyl (C=O) groups excluding carboxylic acids is 1. The van der Waals surface area contributed by atoms with Gasteiger partial charge in [-0.25, -0.2) is 0 Å². The summed E-state index contributed by atoms with van der Waals surface area (Å²) in [6.07, 6.45) is 4.51. The predicted molar refractivity (Wildman–Crippen MR) is 82.5 cm³/mol. The zero-order valence-corrected chi connectivity index (χ0v) is 12.7. The maximum Gasteiger partial charge on any atom is 0.251 e. The van der Waals surface area contributed by atoms with Crippen molar-refractivity contribution in [2.45, 2.75) is 45.1 Å². The number of nitrogens with one attached hydrogen (secondary N) is 1.